The van der Waals surface area contributed by atoms with E-state index in [4.69, 9.17) is 0 Å². The topological polar surface area (TPSA) is 85.0 Å². The molecular weight excluding hydrogens is 455 g/mol. The Kier molecular flexibility index (Phi) is 4.80. The summed E-state index contributed by atoms with van der Waals surface area (Å²) in [5.74, 6) is 0.568. The third-order valence-corrected chi connectivity index (χ3v) is 7.30. The highest BCUT2D eigenvalue weighted by Gasteiger charge is 2.26. The van der Waals surface area contributed by atoms with Crippen molar-refractivity contribution < 1.29 is 9.18 Å². The molecule has 1 saturated heterocycles. The van der Waals surface area contributed by atoms with Gasteiger partial charge in [0.15, 0.2) is 5.65 Å². The van der Waals surface area contributed by atoms with E-state index in [0.29, 0.717) is 31.1 Å². The minimum Gasteiger partial charge on any atom is -0.352 e. The van der Waals surface area contributed by atoms with Crippen molar-refractivity contribution >= 4 is 44.3 Å². The van der Waals surface area contributed by atoms with Crippen molar-refractivity contribution in [2.24, 2.45) is 7.05 Å². The number of halogens is 1. The fourth-order valence-electron chi connectivity index (χ4n) is 4.39. The summed E-state index contributed by atoms with van der Waals surface area (Å²) < 4.78 is 16.9. The van der Waals surface area contributed by atoms with E-state index < -0.39 is 0 Å². The normalized spacial score (nSPS) is 14.4. The predicted octanol–water partition coefficient (Wildman–Crippen LogP) is 3.17. The molecular formula is C23H21FN8OS. The Morgan fingerprint density at radius 1 is 1.06 bits per heavy atom. The van der Waals surface area contributed by atoms with Crippen LogP contribution in [0.4, 0.5) is 10.2 Å². The minimum atomic E-state index is -0.295. The molecule has 11 heteroatoms. The number of hydrogen-bond donors (Lipinski definition) is 0. The predicted molar refractivity (Wildman–Crippen MR) is 128 cm³/mol. The molecule has 4 aromatic heterocycles. The van der Waals surface area contributed by atoms with Crippen LogP contribution in [-0.2, 0) is 7.05 Å². The average Bonchev–Trinajstić information content (AvgIpc) is 3.54. The molecule has 172 valence electrons. The Bertz CT molecular complexity index is 1530. The van der Waals surface area contributed by atoms with Crippen molar-refractivity contribution in [3.63, 3.8) is 0 Å². The molecule has 0 saturated carbocycles. The molecule has 6 rings (SSSR count). The molecule has 5 heterocycles. The number of fused-ring (bicyclic) bond motifs is 2. The fraction of sp³-hybridized carbons (Fsp3) is 0.261. The lowest BCUT2D eigenvalue weighted by Gasteiger charge is -2.35. The van der Waals surface area contributed by atoms with Crippen LogP contribution in [0.1, 0.15) is 15.4 Å². The maximum Gasteiger partial charge on any atom is 0.264 e. The van der Waals surface area contributed by atoms with Crippen LogP contribution in [-0.4, -0.2) is 66.5 Å². The molecule has 1 amide bonds. The SMILES string of the molecule is Cc1nn(-c2ccc(F)cc2)c2sc(C(=O)N3CCN(c4ncnc5c4cnn5C)CC3)cc12. The van der Waals surface area contributed by atoms with Gasteiger partial charge in [-0.25, -0.2) is 19.0 Å². The van der Waals surface area contributed by atoms with Gasteiger partial charge in [-0.2, -0.15) is 10.2 Å². The summed E-state index contributed by atoms with van der Waals surface area (Å²) in [6, 6.07) is 8.12. The van der Waals surface area contributed by atoms with Crippen molar-refractivity contribution in [1.82, 2.24) is 34.4 Å². The summed E-state index contributed by atoms with van der Waals surface area (Å²) in [5, 5.41) is 10.7. The van der Waals surface area contributed by atoms with Crippen LogP contribution in [0.25, 0.3) is 26.9 Å². The van der Waals surface area contributed by atoms with Crippen molar-refractivity contribution in [3.8, 4) is 5.69 Å². The van der Waals surface area contributed by atoms with E-state index in [9.17, 15) is 9.18 Å². The first-order valence-electron chi connectivity index (χ1n) is 10.9. The zero-order valence-corrected chi connectivity index (χ0v) is 19.5. The molecule has 0 atom stereocenters. The Morgan fingerprint density at radius 3 is 2.59 bits per heavy atom. The van der Waals surface area contributed by atoms with E-state index in [1.165, 1.54) is 23.5 Å². The van der Waals surface area contributed by atoms with Gasteiger partial charge in [0.2, 0.25) is 0 Å². The first-order chi connectivity index (χ1) is 16.5. The quantitative estimate of drug-likeness (QED) is 0.398. The Hall–Kier alpha value is -3.86. The van der Waals surface area contributed by atoms with Crippen molar-refractivity contribution in [3.05, 3.63) is 59.2 Å². The fourth-order valence-corrected chi connectivity index (χ4v) is 5.54. The standard InChI is InChI=1S/C23H21FN8OS/c1-14-17-11-19(34-23(17)32(28-14)16-5-3-15(24)4-6-16)22(33)31-9-7-30(8-10-31)21-18-12-27-29(2)20(18)25-13-26-21/h3-6,11-13H,7-10H2,1-2H3. The van der Waals surface area contributed by atoms with Crippen LogP contribution in [0.3, 0.4) is 0 Å². The van der Waals surface area contributed by atoms with Gasteiger partial charge in [-0.15, -0.1) is 11.3 Å². The summed E-state index contributed by atoms with van der Waals surface area (Å²) in [6.07, 6.45) is 3.34. The summed E-state index contributed by atoms with van der Waals surface area (Å²) >= 11 is 1.42. The number of amides is 1. The minimum absolute atomic E-state index is 0.0140. The van der Waals surface area contributed by atoms with Crippen molar-refractivity contribution in [2.45, 2.75) is 6.92 Å². The number of thiophene rings is 1. The van der Waals surface area contributed by atoms with Gasteiger partial charge in [-0.05, 0) is 37.3 Å². The Labute approximate surface area is 198 Å². The number of carbonyl (C=O) groups is 1. The number of anilines is 1. The molecule has 0 bridgehead atoms. The maximum atomic E-state index is 13.4. The number of rotatable bonds is 3. The van der Waals surface area contributed by atoms with Gasteiger partial charge in [0.1, 0.15) is 22.8 Å². The molecule has 0 radical (unpaired) electrons. The highest BCUT2D eigenvalue weighted by atomic mass is 32.1. The lowest BCUT2D eigenvalue weighted by atomic mass is 10.2. The zero-order valence-electron chi connectivity index (χ0n) is 18.6. The second kappa shape index (κ2) is 7.87. The van der Waals surface area contributed by atoms with Crippen LogP contribution in [0.2, 0.25) is 0 Å². The van der Waals surface area contributed by atoms with E-state index in [1.807, 2.05) is 24.9 Å². The summed E-state index contributed by atoms with van der Waals surface area (Å²) in [6.45, 7) is 4.48. The third kappa shape index (κ3) is 3.31. The van der Waals surface area contributed by atoms with Crippen LogP contribution in [0, 0.1) is 12.7 Å². The molecule has 34 heavy (non-hydrogen) atoms. The summed E-state index contributed by atoms with van der Waals surface area (Å²) in [5.41, 5.74) is 2.39. The molecule has 0 aliphatic carbocycles. The molecule has 1 fully saturated rings. The third-order valence-electron chi connectivity index (χ3n) is 6.20. The number of aryl methyl sites for hydroxylation is 2. The first kappa shape index (κ1) is 20.7. The smallest absolute Gasteiger partial charge is 0.264 e. The molecule has 0 N–H and O–H groups in total. The molecule has 0 spiro atoms. The van der Waals surface area contributed by atoms with Crippen molar-refractivity contribution in [2.75, 3.05) is 31.1 Å². The number of nitrogens with zero attached hydrogens (tertiary/aromatic N) is 8. The van der Waals surface area contributed by atoms with E-state index in [0.717, 1.165) is 38.4 Å². The largest absolute Gasteiger partial charge is 0.352 e. The van der Waals surface area contributed by atoms with Gasteiger partial charge >= 0.3 is 0 Å². The molecule has 0 unspecified atom stereocenters. The molecule has 9 nitrogen and oxygen atoms in total. The lowest BCUT2D eigenvalue weighted by Crippen LogP contribution is -2.49. The van der Waals surface area contributed by atoms with Crippen molar-refractivity contribution in [1.29, 1.82) is 0 Å². The number of carbonyl (C=O) groups excluding carboxylic acids is 1. The monoisotopic (exact) mass is 476 g/mol. The summed E-state index contributed by atoms with van der Waals surface area (Å²) in [4.78, 5) is 27.7. The van der Waals surface area contributed by atoms with E-state index in [2.05, 4.69) is 25.1 Å². The highest BCUT2D eigenvalue weighted by molar-refractivity contribution is 7.20. The second-order valence-electron chi connectivity index (χ2n) is 8.29. The average molecular weight is 477 g/mol. The number of aromatic nitrogens is 6. The van der Waals surface area contributed by atoms with Crippen LogP contribution in [0.5, 0.6) is 0 Å². The van der Waals surface area contributed by atoms with E-state index >= 15 is 0 Å². The first-order valence-corrected chi connectivity index (χ1v) is 11.7. The molecule has 1 aliphatic heterocycles. The molecule has 1 aliphatic rings. The second-order valence-corrected chi connectivity index (χ2v) is 9.32. The number of piperazine rings is 1. The van der Waals surface area contributed by atoms with Gasteiger partial charge < -0.3 is 9.80 Å². The van der Waals surface area contributed by atoms with Gasteiger partial charge in [0, 0.05) is 38.6 Å². The van der Waals surface area contributed by atoms with Gasteiger partial charge in [-0.1, -0.05) is 0 Å². The van der Waals surface area contributed by atoms with Crippen LogP contribution < -0.4 is 4.90 Å². The van der Waals surface area contributed by atoms with E-state index in [1.54, 1.807) is 34.0 Å². The van der Waals surface area contributed by atoms with E-state index in [-0.39, 0.29) is 11.7 Å². The van der Waals surface area contributed by atoms with Gasteiger partial charge in [0.05, 0.1) is 27.8 Å². The number of benzene rings is 1. The highest BCUT2D eigenvalue weighted by Crippen LogP contribution is 2.32. The van der Waals surface area contributed by atoms with Crippen LogP contribution in [0.15, 0.2) is 42.9 Å². The summed E-state index contributed by atoms with van der Waals surface area (Å²) in [7, 11) is 1.86. The zero-order chi connectivity index (χ0) is 23.4. The van der Waals surface area contributed by atoms with Gasteiger partial charge in [-0.3, -0.25) is 9.48 Å². The molecule has 5 aromatic rings. The van der Waals surface area contributed by atoms with Gasteiger partial charge in [0.25, 0.3) is 5.91 Å². The number of hydrogen-bond acceptors (Lipinski definition) is 7. The Morgan fingerprint density at radius 2 is 1.82 bits per heavy atom. The lowest BCUT2D eigenvalue weighted by molar-refractivity contribution is 0.0751. The molecule has 1 aromatic carbocycles. The maximum absolute atomic E-state index is 13.4. The Balaban J connectivity index is 1.23. The van der Waals surface area contributed by atoms with Crippen LogP contribution >= 0.6 is 11.3 Å².